The van der Waals surface area contributed by atoms with E-state index in [1.54, 1.807) is 4.90 Å². The van der Waals surface area contributed by atoms with Crippen LogP contribution < -0.4 is 0 Å². The van der Waals surface area contributed by atoms with Crippen LogP contribution in [-0.2, 0) is 20.9 Å². The highest BCUT2D eigenvalue weighted by Gasteiger charge is 2.56. The maximum absolute atomic E-state index is 14.4. The number of hydrogen-bond acceptors (Lipinski definition) is 4. The number of amides is 2. The number of nitrogens with zero attached hydrogens (tertiary/aromatic N) is 3. The van der Waals surface area contributed by atoms with Gasteiger partial charge in [0.15, 0.2) is 0 Å². The Labute approximate surface area is 157 Å². The minimum absolute atomic E-state index is 0.0152. The molecule has 1 aromatic rings. The Kier molecular flexibility index (Phi) is 5.46. The monoisotopic (exact) mass is 381 g/mol. The van der Waals surface area contributed by atoms with Crippen LogP contribution in [0.5, 0.6) is 0 Å². The first kappa shape index (κ1) is 19.7. The predicted octanol–water partition coefficient (Wildman–Crippen LogP) is 2.01. The van der Waals surface area contributed by atoms with Crippen LogP contribution in [0.25, 0.3) is 0 Å². The lowest BCUT2D eigenvalue weighted by atomic mass is 9.71. The van der Waals surface area contributed by atoms with Crippen molar-refractivity contribution >= 4 is 11.8 Å². The molecular formula is C19H25F2N3O3. The van der Waals surface area contributed by atoms with Crippen LogP contribution in [0.1, 0.15) is 30.7 Å². The second-order valence-electron chi connectivity index (χ2n) is 7.60. The zero-order valence-corrected chi connectivity index (χ0v) is 15.7. The molecule has 0 unspecified atom stereocenters. The Morgan fingerprint density at radius 2 is 2.11 bits per heavy atom. The molecule has 0 aliphatic carbocycles. The molecule has 0 radical (unpaired) electrons. The lowest BCUT2D eigenvalue weighted by Crippen LogP contribution is -2.62. The number of methoxy groups -OCH3 is 1. The van der Waals surface area contributed by atoms with Gasteiger partial charge in [0.1, 0.15) is 6.61 Å². The summed E-state index contributed by atoms with van der Waals surface area (Å²) in [5.74, 6) is -3.92. The molecule has 1 spiro atoms. The first-order chi connectivity index (χ1) is 12.7. The van der Waals surface area contributed by atoms with E-state index in [2.05, 4.69) is 4.98 Å². The van der Waals surface area contributed by atoms with Crippen molar-refractivity contribution in [1.82, 2.24) is 14.8 Å². The largest absolute Gasteiger partial charge is 0.375 e. The number of alkyl halides is 2. The summed E-state index contributed by atoms with van der Waals surface area (Å²) in [5.41, 5.74) is 0.329. The predicted molar refractivity (Wildman–Crippen MR) is 94.1 cm³/mol. The van der Waals surface area contributed by atoms with Crippen LogP contribution in [0.4, 0.5) is 8.78 Å². The Balaban J connectivity index is 1.82. The van der Waals surface area contributed by atoms with Gasteiger partial charge in [0.25, 0.3) is 5.92 Å². The molecule has 27 heavy (non-hydrogen) atoms. The number of carbonyl (C=O) groups is 2. The molecular weight excluding hydrogens is 356 g/mol. The summed E-state index contributed by atoms with van der Waals surface area (Å²) in [5, 5.41) is 0. The molecule has 8 heteroatoms. The number of aromatic nitrogens is 1. The third kappa shape index (κ3) is 4.26. The zero-order valence-electron chi connectivity index (χ0n) is 15.7. The maximum Gasteiger partial charge on any atom is 0.266 e. The molecule has 0 saturated carbocycles. The smallest absolute Gasteiger partial charge is 0.266 e. The molecule has 2 saturated heterocycles. The van der Waals surface area contributed by atoms with Crippen molar-refractivity contribution in [2.75, 3.05) is 33.4 Å². The zero-order chi connectivity index (χ0) is 19.7. The fourth-order valence-corrected chi connectivity index (χ4v) is 4.20. The average Bonchev–Trinajstić information content (AvgIpc) is 2.58. The van der Waals surface area contributed by atoms with Crippen LogP contribution in [0, 0.1) is 12.3 Å². The quantitative estimate of drug-likeness (QED) is 0.801. The Bertz CT molecular complexity index is 728. The van der Waals surface area contributed by atoms with Gasteiger partial charge in [-0.3, -0.25) is 14.6 Å². The first-order valence-electron chi connectivity index (χ1n) is 9.11. The van der Waals surface area contributed by atoms with Gasteiger partial charge in [-0.2, -0.15) is 0 Å². The number of hydrogen-bond donors (Lipinski definition) is 0. The van der Waals surface area contributed by atoms with Crippen molar-refractivity contribution in [3.63, 3.8) is 0 Å². The minimum atomic E-state index is -3.10. The van der Waals surface area contributed by atoms with Crippen LogP contribution in [0.15, 0.2) is 18.2 Å². The molecule has 2 aliphatic rings. The summed E-state index contributed by atoms with van der Waals surface area (Å²) < 4.78 is 33.7. The Morgan fingerprint density at radius 1 is 1.33 bits per heavy atom. The van der Waals surface area contributed by atoms with Crippen LogP contribution in [0.3, 0.4) is 0 Å². The Hall–Kier alpha value is -2.09. The van der Waals surface area contributed by atoms with E-state index >= 15 is 0 Å². The van der Waals surface area contributed by atoms with Gasteiger partial charge in [-0.15, -0.1) is 0 Å². The molecule has 1 atom stereocenters. The summed E-state index contributed by atoms with van der Waals surface area (Å²) in [6.45, 7) is 1.75. The van der Waals surface area contributed by atoms with E-state index < -0.39 is 30.2 Å². The van der Waals surface area contributed by atoms with E-state index in [4.69, 9.17) is 4.74 Å². The summed E-state index contributed by atoms with van der Waals surface area (Å²) in [7, 11) is 1.35. The van der Waals surface area contributed by atoms with Crippen LogP contribution >= 0.6 is 0 Å². The third-order valence-electron chi connectivity index (χ3n) is 5.26. The minimum Gasteiger partial charge on any atom is -0.375 e. The van der Waals surface area contributed by atoms with Crippen molar-refractivity contribution in [3.8, 4) is 0 Å². The molecule has 6 nitrogen and oxygen atoms in total. The second kappa shape index (κ2) is 7.50. The van der Waals surface area contributed by atoms with Gasteiger partial charge in [0.05, 0.1) is 24.2 Å². The normalized spacial score (nSPS) is 25.1. The van der Waals surface area contributed by atoms with E-state index in [0.29, 0.717) is 25.9 Å². The summed E-state index contributed by atoms with van der Waals surface area (Å²) >= 11 is 0. The summed E-state index contributed by atoms with van der Waals surface area (Å²) in [6.07, 6.45) is 0.462. The molecule has 0 N–H and O–H groups in total. The topological polar surface area (TPSA) is 62.7 Å². The number of ether oxygens (including phenoxy) is 1. The lowest BCUT2D eigenvalue weighted by Gasteiger charge is -2.49. The highest BCUT2D eigenvalue weighted by Crippen LogP contribution is 2.45. The molecule has 0 bridgehead atoms. The number of carbonyl (C=O) groups excluding carboxylic acids is 2. The van der Waals surface area contributed by atoms with Gasteiger partial charge in [0.2, 0.25) is 11.8 Å². The summed E-state index contributed by atoms with van der Waals surface area (Å²) in [6, 6.07) is 5.55. The van der Waals surface area contributed by atoms with Crippen molar-refractivity contribution in [2.24, 2.45) is 5.41 Å². The molecule has 148 valence electrons. The third-order valence-corrected chi connectivity index (χ3v) is 5.26. The maximum atomic E-state index is 14.4. The molecule has 3 rings (SSSR count). The van der Waals surface area contributed by atoms with Gasteiger partial charge in [-0.1, -0.05) is 6.07 Å². The van der Waals surface area contributed by atoms with Crippen molar-refractivity contribution in [1.29, 1.82) is 0 Å². The number of rotatable bonds is 4. The van der Waals surface area contributed by atoms with Crippen LogP contribution in [-0.4, -0.2) is 65.9 Å². The number of aryl methyl sites for hydroxylation is 1. The fraction of sp³-hybridized carbons (Fsp3) is 0.632. The standard InChI is InChI=1S/C19H25F2N3O3/c1-14-5-3-6-15(22-14)9-23-8-4-7-18(17(23)26)11-19(20,21)13-24(12-18)16(25)10-27-2/h3,5-6H,4,7-13H2,1-2H3/t18-/m0/s1. The average molecular weight is 381 g/mol. The summed E-state index contributed by atoms with van der Waals surface area (Å²) in [4.78, 5) is 32.5. The van der Waals surface area contributed by atoms with Crippen LogP contribution in [0.2, 0.25) is 0 Å². The molecule has 1 aromatic heterocycles. The SMILES string of the molecule is COCC(=O)N1CC(F)(F)C[C@@]2(CCCN(Cc3cccc(C)n3)C2=O)C1. The Morgan fingerprint density at radius 3 is 2.81 bits per heavy atom. The van der Waals surface area contributed by atoms with Gasteiger partial charge in [0, 0.05) is 32.3 Å². The van der Waals surface area contributed by atoms with E-state index in [-0.39, 0.29) is 19.1 Å². The highest BCUT2D eigenvalue weighted by molar-refractivity contribution is 5.86. The molecule has 3 heterocycles. The first-order valence-corrected chi connectivity index (χ1v) is 9.11. The van der Waals surface area contributed by atoms with E-state index in [1.807, 2.05) is 25.1 Å². The van der Waals surface area contributed by atoms with E-state index in [0.717, 1.165) is 16.3 Å². The second-order valence-corrected chi connectivity index (χ2v) is 7.60. The molecule has 2 fully saturated rings. The molecule has 0 aromatic carbocycles. The number of halogens is 2. The van der Waals surface area contributed by atoms with E-state index in [9.17, 15) is 18.4 Å². The van der Waals surface area contributed by atoms with Gasteiger partial charge in [-0.05, 0) is 31.9 Å². The lowest BCUT2D eigenvalue weighted by molar-refractivity contribution is -0.176. The van der Waals surface area contributed by atoms with E-state index in [1.165, 1.54) is 7.11 Å². The fourth-order valence-electron chi connectivity index (χ4n) is 4.20. The number of likely N-dealkylation sites (tertiary alicyclic amines) is 2. The number of pyridine rings is 1. The van der Waals surface area contributed by atoms with Crippen molar-refractivity contribution in [2.45, 2.75) is 38.7 Å². The van der Waals surface area contributed by atoms with Gasteiger partial charge in [-0.25, -0.2) is 8.78 Å². The molecule has 2 amide bonds. The van der Waals surface area contributed by atoms with Gasteiger partial charge < -0.3 is 14.5 Å². The van der Waals surface area contributed by atoms with Gasteiger partial charge >= 0.3 is 0 Å². The van der Waals surface area contributed by atoms with Crippen molar-refractivity contribution in [3.05, 3.63) is 29.6 Å². The number of piperidine rings is 2. The van der Waals surface area contributed by atoms with Crippen molar-refractivity contribution < 1.29 is 23.1 Å². The highest BCUT2D eigenvalue weighted by atomic mass is 19.3. The molecule has 2 aliphatic heterocycles.